The molecular weight excluding hydrogens is 342 g/mol. The number of nitrogens with two attached hydrogens (primary N) is 1. The number of para-hydroxylation sites is 2. The zero-order valence-corrected chi connectivity index (χ0v) is 14.0. The van der Waals surface area contributed by atoms with Crippen molar-refractivity contribution in [1.82, 2.24) is 9.55 Å². The van der Waals surface area contributed by atoms with E-state index in [1.807, 2.05) is 44.2 Å². The predicted octanol–water partition coefficient (Wildman–Crippen LogP) is 3.85. The first-order valence-electron chi connectivity index (χ1n) is 7.06. The molecule has 0 aliphatic carbocycles. The molecule has 112 valence electrons. The number of hydrogen-bond donors (Lipinski definition) is 1. The molecule has 0 bridgehead atoms. The number of nitrogen functional groups attached to an aromatic ring is 1. The van der Waals surface area contributed by atoms with Gasteiger partial charge >= 0.3 is 0 Å². The van der Waals surface area contributed by atoms with Gasteiger partial charge in [0, 0.05) is 10.4 Å². The summed E-state index contributed by atoms with van der Waals surface area (Å²) in [7, 11) is 0. The molecular formula is C17H16BrN3O. The molecule has 0 saturated carbocycles. The fourth-order valence-corrected chi connectivity index (χ4v) is 2.85. The van der Waals surface area contributed by atoms with Crippen molar-refractivity contribution in [2.45, 2.75) is 19.8 Å². The van der Waals surface area contributed by atoms with Crippen molar-refractivity contribution in [3.05, 3.63) is 63.1 Å². The van der Waals surface area contributed by atoms with Gasteiger partial charge in [-0.2, -0.15) is 0 Å². The summed E-state index contributed by atoms with van der Waals surface area (Å²) in [5.41, 5.74) is 7.89. The van der Waals surface area contributed by atoms with Crippen LogP contribution in [0.3, 0.4) is 0 Å². The molecule has 5 heteroatoms. The van der Waals surface area contributed by atoms with Gasteiger partial charge in [-0.25, -0.2) is 4.98 Å². The van der Waals surface area contributed by atoms with Gasteiger partial charge < -0.3 is 5.73 Å². The van der Waals surface area contributed by atoms with Gasteiger partial charge in [-0.15, -0.1) is 0 Å². The van der Waals surface area contributed by atoms with E-state index in [0.29, 0.717) is 28.1 Å². The van der Waals surface area contributed by atoms with Gasteiger partial charge in [0.1, 0.15) is 5.82 Å². The zero-order chi connectivity index (χ0) is 15.9. The van der Waals surface area contributed by atoms with E-state index in [1.165, 1.54) is 0 Å². The molecule has 22 heavy (non-hydrogen) atoms. The zero-order valence-electron chi connectivity index (χ0n) is 12.4. The van der Waals surface area contributed by atoms with Gasteiger partial charge in [0.15, 0.2) is 0 Å². The lowest BCUT2D eigenvalue weighted by Crippen LogP contribution is -2.25. The molecule has 0 aliphatic heterocycles. The Morgan fingerprint density at radius 3 is 2.59 bits per heavy atom. The maximum Gasteiger partial charge on any atom is 0.266 e. The largest absolute Gasteiger partial charge is 0.397 e. The predicted molar refractivity (Wildman–Crippen MR) is 93.5 cm³/mol. The Balaban J connectivity index is 2.46. The van der Waals surface area contributed by atoms with Crippen molar-refractivity contribution in [2.75, 3.05) is 5.73 Å². The third-order valence-electron chi connectivity index (χ3n) is 3.55. The Hall–Kier alpha value is -2.14. The Morgan fingerprint density at radius 2 is 1.91 bits per heavy atom. The summed E-state index contributed by atoms with van der Waals surface area (Å²) in [5, 5.41) is 0.571. The average Bonchev–Trinajstić information content (AvgIpc) is 2.48. The summed E-state index contributed by atoms with van der Waals surface area (Å²) < 4.78 is 2.47. The average molecular weight is 358 g/mol. The number of fused-ring (bicyclic) bond motifs is 1. The molecule has 0 spiro atoms. The van der Waals surface area contributed by atoms with Gasteiger partial charge in [0.05, 0.1) is 22.3 Å². The first-order valence-corrected chi connectivity index (χ1v) is 7.85. The van der Waals surface area contributed by atoms with Crippen LogP contribution in [-0.4, -0.2) is 9.55 Å². The van der Waals surface area contributed by atoms with Crippen LogP contribution in [0.4, 0.5) is 5.69 Å². The first kappa shape index (κ1) is 14.8. The lowest BCUT2D eigenvalue weighted by molar-refractivity contribution is 0.724. The van der Waals surface area contributed by atoms with Crippen LogP contribution in [0.15, 0.2) is 51.7 Å². The molecule has 4 nitrogen and oxygen atoms in total. The summed E-state index contributed by atoms with van der Waals surface area (Å²) in [6.45, 7) is 4.03. The third-order valence-corrected chi connectivity index (χ3v) is 4.04. The lowest BCUT2D eigenvalue weighted by atomic mass is 10.1. The molecule has 1 aromatic heterocycles. The topological polar surface area (TPSA) is 60.9 Å². The second-order valence-electron chi connectivity index (χ2n) is 5.49. The second kappa shape index (κ2) is 5.57. The lowest BCUT2D eigenvalue weighted by Gasteiger charge is -2.17. The minimum atomic E-state index is -0.104. The van der Waals surface area contributed by atoms with Crippen molar-refractivity contribution in [3.8, 4) is 5.69 Å². The SMILES string of the molecule is CC(C)c1nc2ccc(Br)cc2c(=O)n1-c1ccccc1N. The van der Waals surface area contributed by atoms with Crippen molar-refractivity contribution in [1.29, 1.82) is 0 Å². The molecule has 0 unspecified atom stereocenters. The van der Waals surface area contributed by atoms with E-state index in [4.69, 9.17) is 5.73 Å². The quantitative estimate of drug-likeness (QED) is 0.708. The van der Waals surface area contributed by atoms with Gasteiger partial charge in [-0.3, -0.25) is 9.36 Å². The molecule has 3 aromatic rings. The smallest absolute Gasteiger partial charge is 0.266 e. The second-order valence-corrected chi connectivity index (χ2v) is 6.40. The number of halogens is 1. The standard InChI is InChI=1S/C17H16BrN3O/c1-10(2)16-20-14-8-7-11(18)9-12(14)17(22)21(16)15-6-4-3-5-13(15)19/h3-10H,19H2,1-2H3. The highest BCUT2D eigenvalue weighted by Crippen LogP contribution is 2.23. The van der Waals surface area contributed by atoms with E-state index in [1.54, 1.807) is 16.7 Å². The molecule has 3 rings (SSSR count). The molecule has 0 aliphatic rings. The van der Waals surface area contributed by atoms with Gasteiger partial charge in [0.2, 0.25) is 0 Å². The van der Waals surface area contributed by atoms with E-state index >= 15 is 0 Å². The van der Waals surface area contributed by atoms with Crippen molar-refractivity contribution in [2.24, 2.45) is 0 Å². The normalized spacial score (nSPS) is 11.3. The maximum absolute atomic E-state index is 13.0. The minimum absolute atomic E-state index is 0.0975. The van der Waals surface area contributed by atoms with Crippen LogP contribution in [-0.2, 0) is 0 Å². The van der Waals surface area contributed by atoms with E-state index in [0.717, 1.165) is 4.47 Å². The van der Waals surface area contributed by atoms with E-state index in [9.17, 15) is 4.79 Å². The molecule has 0 saturated heterocycles. The summed E-state index contributed by atoms with van der Waals surface area (Å²) in [6, 6.07) is 12.9. The molecule has 0 amide bonds. The Bertz CT molecular complexity index is 915. The van der Waals surface area contributed by atoms with Gasteiger partial charge in [0.25, 0.3) is 5.56 Å². The van der Waals surface area contributed by atoms with Crippen LogP contribution >= 0.6 is 15.9 Å². The van der Waals surface area contributed by atoms with Crippen LogP contribution in [0.25, 0.3) is 16.6 Å². The van der Waals surface area contributed by atoms with Crippen molar-refractivity contribution in [3.63, 3.8) is 0 Å². The van der Waals surface area contributed by atoms with Crippen LogP contribution in [0.2, 0.25) is 0 Å². The summed E-state index contributed by atoms with van der Waals surface area (Å²) in [5.74, 6) is 0.804. The van der Waals surface area contributed by atoms with E-state index in [2.05, 4.69) is 20.9 Å². The number of aromatic nitrogens is 2. The minimum Gasteiger partial charge on any atom is -0.397 e. The van der Waals surface area contributed by atoms with E-state index in [-0.39, 0.29) is 11.5 Å². The van der Waals surface area contributed by atoms with Crippen molar-refractivity contribution >= 4 is 32.5 Å². The highest BCUT2D eigenvalue weighted by atomic mass is 79.9. The molecule has 0 fully saturated rings. The monoisotopic (exact) mass is 357 g/mol. The maximum atomic E-state index is 13.0. The number of hydrogen-bond acceptors (Lipinski definition) is 3. The van der Waals surface area contributed by atoms with Crippen LogP contribution in [0.5, 0.6) is 0 Å². The molecule has 0 atom stereocenters. The van der Waals surface area contributed by atoms with Gasteiger partial charge in [-0.05, 0) is 30.3 Å². The van der Waals surface area contributed by atoms with Gasteiger partial charge in [-0.1, -0.05) is 41.9 Å². The number of anilines is 1. The fourth-order valence-electron chi connectivity index (χ4n) is 2.49. The number of rotatable bonds is 2. The van der Waals surface area contributed by atoms with Crippen molar-refractivity contribution < 1.29 is 0 Å². The fraction of sp³-hybridized carbons (Fsp3) is 0.176. The Morgan fingerprint density at radius 1 is 1.18 bits per heavy atom. The summed E-state index contributed by atoms with van der Waals surface area (Å²) in [4.78, 5) is 17.7. The molecule has 2 aromatic carbocycles. The Kier molecular flexibility index (Phi) is 3.74. The number of benzene rings is 2. The van der Waals surface area contributed by atoms with Crippen LogP contribution in [0, 0.1) is 0 Å². The highest BCUT2D eigenvalue weighted by molar-refractivity contribution is 9.10. The van der Waals surface area contributed by atoms with Crippen LogP contribution in [0.1, 0.15) is 25.6 Å². The Labute approximate surface area is 136 Å². The molecule has 2 N–H and O–H groups in total. The third kappa shape index (κ3) is 2.41. The van der Waals surface area contributed by atoms with Crippen LogP contribution < -0.4 is 11.3 Å². The molecule has 1 heterocycles. The molecule has 0 radical (unpaired) electrons. The number of nitrogens with zero attached hydrogens (tertiary/aromatic N) is 2. The van der Waals surface area contributed by atoms with E-state index < -0.39 is 0 Å². The summed E-state index contributed by atoms with van der Waals surface area (Å²) >= 11 is 3.41. The highest BCUT2D eigenvalue weighted by Gasteiger charge is 2.16. The first-order chi connectivity index (χ1) is 10.5. The summed E-state index contributed by atoms with van der Waals surface area (Å²) in [6.07, 6.45) is 0.